The van der Waals surface area contributed by atoms with Gasteiger partial charge in [-0.1, -0.05) is 50.5 Å². The van der Waals surface area contributed by atoms with Crippen LogP contribution < -0.4 is 5.32 Å². The van der Waals surface area contributed by atoms with E-state index in [1.54, 1.807) is 0 Å². The van der Waals surface area contributed by atoms with Crippen LogP contribution in [0.2, 0.25) is 0 Å². The molecule has 2 nitrogen and oxygen atoms in total. The molecule has 0 spiro atoms. The van der Waals surface area contributed by atoms with Gasteiger partial charge in [0.1, 0.15) is 0 Å². The summed E-state index contributed by atoms with van der Waals surface area (Å²) in [5.41, 5.74) is 2.75. The molecule has 1 saturated carbocycles. The number of benzene rings is 1. The first kappa shape index (κ1) is 14.5. The van der Waals surface area contributed by atoms with Gasteiger partial charge in [0.2, 0.25) is 0 Å². The number of hydrogen-bond donors (Lipinski definition) is 1. The van der Waals surface area contributed by atoms with E-state index < -0.39 is 0 Å². The molecule has 2 rings (SSSR count). The van der Waals surface area contributed by atoms with E-state index in [4.69, 9.17) is 4.74 Å². The Morgan fingerprint density at radius 2 is 2.00 bits per heavy atom. The molecule has 0 radical (unpaired) electrons. The number of ether oxygens (including phenoxy) is 1. The van der Waals surface area contributed by atoms with Gasteiger partial charge in [-0.05, 0) is 36.9 Å². The second-order valence-electron chi connectivity index (χ2n) is 5.64. The summed E-state index contributed by atoms with van der Waals surface area (Å²) in [5, 5.41) is 3.35. The normalized spacial score (nSPS) is 16.5. The second kappa shape index (κ2) is 7.66. The molecule has 0 aromatic heterocycles. The van der Waals surface area contributed by atoms with Crippen molar-refractivity contribution < 1.29 is 4.74 Å². The van der Waals surface area contributed by atoms with Crippen LogP contribution in [0, 0.1) is 5.92 Å². The molecule has 106 valence electrons. The average molecular weight is 261 g/mol. The Kier molecular flexibility index (Phi) is 5.87. The number of rotatable bonds is 9. The Morgan fingerprint density at radius 1 is 1.26 bits per heavy atom. The highest BCUT2D eigenvalue weighted by Crippen LogP contribution is 2.32. The van der Waals surface area contributed by atoms with Crippen molar-refractivity contribution in [2.75, 3.05) is 20.3 Å². The molecule has 1 fully saturated rings. The minimum atomic E-state index is 0.315. The fourth-order valence-corrected chi connectivity index (χ4v) is 2.41. The molecule has 19 heavy (non-hydrogen) atoms. The minimum absolute atomic E-state index is 0.315. The van der Waals surface area contributed by atoms with E-state index in [9.17, 15) is 0 Å². The number of hydrogen-bond acceptors (Lipinski definition) is 2. The summed E-state index contributed by atoms with van der Waals surface area (Å²) in [6, 6.07) is 9.27. The van der Waals surface area contributed by atoms with Crippen LogP contribution >= 0.6 is 0 Å². The first-order chi connectivity index (χ1) is 9.33. The van der Waals surface area contributed by atoms with Crippen molar-refractivity contribution in [2.24, 2.45) is 5.92 Å². The van der Waals surface area contributed by atoms with Crippen LogP contribution in [-0.4, -0.2) is 20.3 Å². The zero-order chi connectivity index (χ0) is 13.5. The van der Waals surface area contributed by atoms with Crippen molar-refractivity contribution in [1.29, 1.82) is 0 Å². The van der Waals surface area contributed by atoms with Crippen LogP contribution in [0.4, 0.5) is 0 Å². The fraction of sp³-hybridized carbons (Fsp3) is 0.647. The highest BCUT2D eigenvalue weighted by molar-refractivity contribution is 5.25. The number of aryl methyl sites for hydroxylation is 1. The van der Waals surface area contributed by atoms with Gasteiger partial charge in [-0.3, -0.25) is 0 Å². The van der Waals surface area contributed by atoms with Gasteiger partial charge in [0, 0.05) is 6.61 Å². The number of likely N-dealkylation sites (N-methyl/N-ethyl adjacent to an activating group) is 1. The van der Waals surface area contributed by atoms with E-state index in [1.807, 2.05) is 7.05 Å². The SMILES string of the molecule is CCCc1ccc(C(COCCC2CC2)NC)cc1. The average Bonchev–Trinajstić information content (AvgIpc) is 3.25. The molecule has 0 amide bonds. The lowest BCUT2D eigenvalue weighted by molar-refractivity contribution is 0.108. The molecular weight excluding hydrogens is 234 g/mol. The van der Waals surface area contributed by atoms with E-state index in [0.29, 0.717) is 6.04 Å². The van der Waals surface area contributed by atoms with Gasteiger partial charge in [-0.15, -0.1) is 0 Å². The first-order valence-corrected chi connectivity index (χ1v) is 7.67. The Morgan fingerprint density at radius 3 is 2.58 bits per heavy atom. The monoisotopic (exact) mass is 261 g/mol. The van der Waals surface area contributed by atoms with E-state index in [-0.39, 0.29) is 0 Å². The fourth-order valence-electron chi connectivity index (χ4n) is 2.41. The maximum Gasteiger partial charge on any atom is 0.0661 e. The van der Waals surface area contributed by atoms with Crippen LogP contribution in [0.25, 0.3) is 0 Å². The van der Waals surface area contributed by atoms with Crippen molar-refractivity contribution >= 4 is 0 Å². The largest absolute Gasteiger partial charge is 0.379 e. The van der Waals surface area contributed by atoms with Crippen molar-refractivity contribution in [2.45, 2.75) is 45.1 Å². The predicted octanol–water partition coefficient (Wildman–Crippen LogP) is 3.72. The molecule has 0 bridgehead atoms. The molecule has 1 aliphatic rings. The molecule has 2 heteroatoms. The quantitative estimate of drug-likeness (QED) is 0.684. The zero-order valence-corrected chi connectivity index (χ0v) is 12.3. The Labute approximate surface area is 117 Å². The van der Waals surface area contributed by atoms with Gasteiger partial charge in [0.25, 0.3) is 0 Å². The summed E-state index contributed by atoms with van der Waals surface area (Å²) in [6.07, 6.45) is 6.45. The number of nitrogens with one attached hydrogen (secondary N) is 1. The van der Waals surface area contributed by atoms with Crippen LogP contribution in [0.1, 0.15) is 49.8 Å². The molecule has 1 aliphatic carbocycles. The van der Waals surface area contributed by atoms with Crippen LogP contribution in [0.3, 0.4) is 0 Å². The van der Waals surface area contributed by atoms with Gasteiger partial charge < -0.3 is 10.1 Å². The maximum atomic E-state index is 5.81. The molecule has 0 aliphatic heterocycles. The topological polar surface area (TPSA) is 21.3 Å². The summed E-state index contributed by atoms with van der Waals surface area (Å²) >= 11 is 0. The summed E-state index contributed by atoms with van der Waals surface area (Å²) in [7, 11) is 2.01. The van der Waals surface area contributed by atoms with Gasteiger partial charge in [-0.25, -0.2) is 0 Å². The minimum Gasteiger partial charge on any atom is -0.379 e. The highest BCUT2D eigenvalue weighted by Gasteiger charge is 2.20. The summed E-state index contributed by atoms with van der Waals surface area (Å²) in [5.74, 6) is 0.960. The third-order valence-corrected chi connectivity index (χ3v) is 3.92. The Hall–Kier alpha value is -0.860. The van der Waals surface area contributed by atoms with Gasteiger partial charge in [0.15, 0.2) is 0 Å². The van der Waals surface area contributed by atoms with E-state index >= 15 is 0 Å². The third kappa shape index (κ3) is 4.96. The molecular formula is C17H27NO. The van der Waals surface area contributed by atoms with Crippen LogP contribution in [0.5, 0.6) is 0 Å². The van der Waals surface area contributed by atoms with E-state index in [0.717, 1.165) is 19.1 Å². The molecule has 1 N–H and O–H groups in total. The van der Waals surface area contributed by atoms with Crippen LogP contribution in [0.15, 0.2) is 24.3 Å². The van der Waals surface area contributed by atoms with E-state index in [1.165, 1.54) is 43.2 Å². The van der Waals surface area contributed by atoms with Crippen molar-refractivity contribution in [3.05, 3.63) is 35.4 Å². The smallest absolute Gasteiger partial charge is 0.0661 e. The Bertz CT molecular complexity index is 356. The molecule has 0 saturated heterocycles. The second-order valence-corrected chi connectivity index (χ2v) is 5.64. The molecule has 1 atom stereocenters. The summed E-state index contributed by atoms with van der Waals surface area (Å²) in [4.78, 5) is 0. The Balaban J connectivity index is 1.77. The van der Waals surface area contributed by atoms with Crippen molar-refractivity contribution in [1.82, 2.24) is 5.32 Å². The highest BCUT2D eigenvalue weighted by atomic mass is 16.5. The lowest BCUT2D eigenvalue weighted by Gasteiger charge is -2.17. The molecule has 1 aromatic rings. The van der Waals surface area contributed by atoms with Crippen molar-refractivity contribution in [3.63, 3.8) is 0 Å². The molecule has 0 heterocycles. The van der Waals surface area contributed by atoms with E-state index in [2.05, 4.69) is 36.5 Å². The lowest BCUT2D eigenvalue weighted by Crippen LogP contribution is -2.22. The standard InChI is InChI=1S/C17H27NO/c1-3-4-14-7-9-16(10-8-14)17(18-2)13-19-12-11-15-5-6-15/h7-10,15,17-18H,3-6,11-13H2,1-2H3. The summed E-state index contributed by atoms with van der Waals surface area (Å²) in [6.45, 7) is 3.91. The predicted molar refractivity (Wildman–Crippen MR) is 80.4 cm³/mol. The van der Waals surface area contributed by atoms with Gasteiger partial charge in [-0.2, -0.15) is 0 Å². The first-order valence-electron chi connectivity index (χ1n) is 7.67. The van der Waals surface area contributed by atoms with Gasteiger partial charge >= 0.3 is 0 Å². The lowest BCUT2D eigenvalue weighted by atomic mass is 10.0. The van der Waals surface area contributed by atoms with Crippen LogP contribution in [-0.2, 0) is 11.2 Å². The van der Waals surface area contributed by atoms with Crippen molar-refractivity contribution in [3.8, 4) is 0 Å². The third-order valence-electron chi connectivity index (χ3n) is 3.92. The maximum absolute atomic E-state index is 5.81. The zero-order valence-electron chi connectivity index (χ0n) is 12.3. The molecule has 1 aromatic carbocycles. The summed E-state index contributed by atoms with van der Waals surface area (Å²) < 4.78 is 5.81. The van der Waals surface area contributed by atoms with Gasteiger partial charge in [0.05, 0.1) is 12.6 Å². The molecule has 1 unspecified atom stereocenters.